The van der Waals surface area contributed by atoms with Gasteiger partial charge in [-0.1, -0.05) is 30.3 Å². The van der Waals surface area contributed by atoms with Crippen LogP contribution in [0.1, 0.15) is 85.2 Å². The number of aryl methyl sites for hydroxylation is 1. The van der Waals surface area contributed by atoms with Crippen molar-refractivity contribution in [2.75, 3.05) is 37.6 Å². The number of halogens is 1. The van der Waals surface area contributed by atoms with E-state index in [4.69, 9.17) is 0 Å². The summed E-state index contributed by atoms with van der Waals surface area (Å²) in [6.07, 6.45) is 1.93. The summed E-state index contributed by atoms with van der Waals surface area (Å²) >= 11 is 0. The molecule has 3 saturated heterocycles. The van der Waals surface area contributed by atoms with Crippen LogP contribution in [0.4, 0.5) is 10.1 Å². The zero-order valence-electron chi connectivity index (χ0n) is 30.7. The number of phenolic OH excluding ortho intramolecular Hbond substituents is 1. The summed E-state index contributed by atoms with van der Waals surface area (Å²) in [4.78, 5) is 71.3. The first-order valence-corrected chi connectivity index (χ1v) is 19.3. The van der Waals surface area contributed by atoms with Crippen molar-refractivity contribution in [3.05, 3.63) is 129 Å². The van der Waals surface area contributed by atoms with Crippen LogP contribution in [-0.4, -0.2) is 88.1 Å². The average molecular weight is 754 g/mol. The SMILES string of the molecule is O=C1CC[C@@H](N2C(=O)c3cc4c(cc3C2=O)CN(CC(=O)N2CC3(C2)CN(c2ccc([C@@H]5c6ccc(O)cc6CC[C@@H]5c5ccc(F)cc5)cc2)C3)C4)C(=O)N1. The maximum atomic E-state index is 13.8. The first kappa shape index (κ1) is 34.6. The predicted molar refractivity (Wildman–Crippen MR) is 202 cm³/mol. The normalized spacial score (nSPS) is 23.7. The van der Waals surface area contributed by atoms with Crippen LogP contribution in [0.2, 0.25) is 0 Å². The molecule has 5 aliphatic heterocycles. The molecule has 12 heteroatoms. The number of hydrogen-bond acceptors (Lipinski definition) is 8. The molecule has 2 N–H and O–H groups in total. The number of amides is 5. The van der Waals surface area contributed by atoms with Crippen molar-refractivity contribution in [1.82, 2.24) is 20.0 Å². The second-order valence-corrected chi connectivity index (χ2v) is 16.5. The highest BCUT2D eigenvalue weighted by Crippen LogP contribution is 2.48. The molecular formula is C44H40FN5O6. The Balaban J connectivity index is 0.749. The average Bonchev–Trinajstić information content (AvgIpc) is 3.65. The minimum absolute atomic E-state index is 0.0618. The molecular weight excluding hydrogens is 714 g/mol. The van der Waals surface area contributed by atoms with E-state index in [0.29, 0.717) is 26.2 Å². The van der Waals surface area contributed by atoms with Gasteiger partial charge in [0.2, 0.25) is 17.7 Å². The molecule has 5 amide bonds. The van der Waals surface area contributed by atoms with Gasteiger partial charge in [0.05, 0.1) is 17.7 Å². The lowest BCUT2D eigenvalue weighted by Crippen LogP contribution is -2.73. The number of hydrogen-bond donors (Lipinski definition) is 2. The standard InChI is InChI=1S/C44H40FN5O6/c45-30-6-1-25(2-7-30)33-11-5-27-15-32(51)10-12-34(27)40(33)26-3-8-31(9-4-26)48-21-44(22-48)23-49(24-44)39(53)20-47-18-28-16-35-36(17-29(28)19-47)43(56)50(42(35)55)37-13-14-38(52)46-41(37)54/h1-4,6-10,12,15-17,33,37,40,51H,5,11,13-14,18-24H2,(H,46,52,54)/t33-,37-,40+/m1/s1. The van der Waals surface area contributed by atoms with Gasteiger partial charge in [-0.15, -0.1) is 0 Å². The molecule has 1 aliphatic carbocycles. The van der Waals surface area contributed by atoms with Crippen LogP contribution in [-0.2, 0) is 33.9 Å². The molecule has 0 saturated carbocycles. The molecule has 3 atom stereocenters. The Morgan fingerprint density at radius 1 is 0.768 bits per heavy atom. The maximum Gasteiger partial charge on any atom is 0.262 e. The monoisotopic (exact) mass is 753 g/mol. The van der Waals surface area contributed by atoms with Crippen molar-refractivity contribution in [3.63, 3.8) is 0 Å². The van der Waals surface area contributed by atoms with Gasteiger partial charge in [-0.2, -0.15) is 0 Å². The largest absolute Gasteiger partial charge is 0.508 e. The molecule has 6 aliphatic rings. The third kappa shape index (κ3) is 5.68. The van der Waals surface area contributed by atoms with Crippen molar-refractivity contribution < 1.29 is 33.5 Å². The first-order chi connectivity index (χ1) is 27.0. The topological polar surface area (TPSA) is 131 Å². The summed E-state index contributed by atoms with van der Waals surface area (Å²) in [5, 5.41) is 12.4. The predicted octanol–water partition coefficient (Wildman–Crippen LogP) is 4.46. The van der Waals surface area contributed by atoms with Crippen molar-refractivity contribution in [3.8, 4) is 5.75 Å². The first-order valence-electron chi connectivity index (χ1n) is 19.3. The van der Waals surface area contributed by atoms with Crippen LogP contribution in [0, 0.1) is 11.2 Å². The Bertz CT molecular complexity index is 2300. The number of nitrogens with zero attached hydrogens (tertiary/aromatic N) is 4. The van der Waals surface area contributed by atoms with Crippen molar-refractivity contribution in [2.24, 2.45) is 5.41 Å². The van der Waals surface area contributed by atoms with Crippen molar-refractivity contribution >= 4 is 35.2 Å². The Labute approximate surface area is 322 Å². The third-order valence-electron chi connectivity index (χ3n) is 12.9. The Hall–Kier alpha value is -5.88. The van der Waals surface area contributed by atoms with Crippen LogP contribution in [0.5, 0.6) is 5.75 Å². The number of imide groups is 2. The van der Waals surface area contributed by atoms with Crippen LogP contribution < -0.4 is 10.2 Å². The van der Waals surface area contributed by atoms with E-state index < -0.39 is 29.7 Å². The molecule has 11 nitrogen and oxygen atoms in total. The fourth-order valence-corrected chi connectivity index (χ4v) is 10.1. The van der Waals surface area contributed by atoms with Gasteiger partial charge in [-0.25, -0.2) is 4.39 Å². The van der Waals surface area contributed by atoms with Crippen molar-refractivity contribution in [2.45, 2.75) is 56.7 Å². The molecule has 4 aromatic rings. The fraction of sp³-hybridized carbons (Fsp3) is 0.341. The summed E-state index contributed by atoms with van der Waals surface area (Å²) in [6.45, 7) is 4.37. The lowest BCUT2D eigenvalue weighted by atomic mass is 9.69. The van der Waals surface area contributed by atoms with E-state index in [-0.39, 0.29) is 65.2 Å². The van der Waals surface area contributed by atoms with Crippen molar-refractivity contribution in [1.29, 1.82) is 0 Å². The molecule has 0 bridgehead atoms. The number of rotatable bonds is 6. The molecule has 0 radical (unpaired) electrons. The summed E-state index contributed by atoms with van der Waals surface area (Å²) in [6, 6.07) is 23.7. The molecule has 0 unspecified atom stereocenters. The molecule has 0 aromatic heterocycles. The van der Waals surface area contributed by atoms with E-state index in [9.17, 15) is 33.5 Å². The minimum Gasteiger partial charge on any atom is -0.508 e. The van der Waals surface area contributed by atoms with Gasteiger partial charge in [0.1, 0.15) is 17.6 Å². The molecule has 1 spiro atoms. The zero-order valence-corrected chi connectivity index (χ0v) is 30.7. The lowest BCUT2D eigenvalue weighted by molar-refractivity contribution is -0.146. The van der Waals surface area contributed by atoms with E-state index in [2.05, 4.69) is 34.5 Å². The maximum absolute atomic E-state index is 13.8. The highest BCUT2D eigenvalue weighted by atomic mass is 19.1. The Morgan fingerprint density at radius 2 is 1.43 bits per heavy atom. The van der Waals surface area contributed by atoms with Gasteiger partial charge in [0.25, 0.3) is 11.8 Å². The molecule has 284 valence electrons. The Kier molecular flexibility index (Phi) is 7.93. The van der Waals surface area contributed by atoms with Gasteiger partial charge in [0.15, 0.2) is 0 Å². The van der Waals surface area contributed by atoms with Gasteiger partial charge in [-0.05, 0) is 107 Å². The highest BCUT2D eigenvalue weighted by Gasteiger charge is 2.53. The Morgan fingerprint density at radius 3 is 2.09 bits per heavy atom. The molecule has 10 rings (SSSR count). The highest BCUT2D eigenvalue weighted by molar-refractivity contribution is 6.23. The fourth-order valence-electron chi connectivity index (χ4n) is 10.1. The van der Waals surface area contributed by atoms with Gasteiger partial charge in [-0.3, -0.25) is 39.1 Å². The van der Waals surface area contributed by atoms with Gasteiger partial charge in [0, 0.05) is 62.7 Å². The van der Waals surface area contributed by atoms with Gasteiger partial charge >= 0.3 is 0 Å². The second kappa shape index (κ2) is 12.8. The summed E-state index contributed by atoms with van der Waals surface area (Å²) in [7, 11) is 0. The van der Waals surface area contributed by atoms with E-state index >= 15 is 0 Å². The number of phenols is 1. The smallest absolute Gasteiger partial charge is 0.262 e. The number of anilines is 1. The van der Waals surface area contributed by atoms with Crippen LogP contribution in [0.15, 0.2) is 78.9 Å². The molecule has 4 aromatic carbocycles. The second-order valence-electron chi connectivity index (χ2n) is 16.5. The summed E-state index contributed by atoms with van der Waals surface area (Å²) in [5.74, 6) is -1.74. The number of benzene rings is 4. The van der Waals surface area contributed by atoms with E-state index in [1.807, 2.05) is 34.1 Å². The number of likely N-dealkylation sites (tertiary alicyclic amines) is 1. The summed E-state index contributed by atoms with van der Waals surface area (Å²) < 4.78 is 13.8. The van der Waals surface area contributed by atoms with E-state index in [1.54, 1.807) is 18.2 Å². The number of carbonyl (C=O) groups is 5. The number of nitrogens with one attached hydrogen (secondary N) is 1. The number of piperidine rings is 1. The zero-order chi connectivity index (χ0) is 38.5. The third-order valence-corrected chi connectivity index (χ3v) is 12.9. The molecule has 5 heterocycles. The minimum atomic E-state index is -1.00. The number of aromatic hydroxyl groups is 1. The molecule has 56 heavy (non-hydrogen) atoms. The van der Waals surface area contributed by atoms with E-state index in [1.165, 1.54) is 23.3 Å². The lowest BCUT2D eigenvalue weighted by Gasteiger charge is -2.61. The van der Waals surface area contributed by atoms with Gasteiger partial charge < -0.3 is 14.9 Å². The van der Waals surface area contributed by atoms with Crippen LogP contribution >= 0.6 is 0 Å². The van der Waals surface area contributed by atoms with Crippen LogP contribution in [0.3, 0.4) is 0 Å². The van der Waals surface area contributed by atoms with Crippen LogP contribution in [0.25, 0.3) is 0 Å². The summed E-state index contributed by atoms with van der Waals surface area (Å²) in [5.41, 5.74) is 8.16. The number of carbonyl (C=O) groups excluding carboxylic acids is 5. The van der Waals surface area contributed by atoms with E-state index in [0.717, 1.165) is 58.8 Å². The quantitative estimate of drug-likeness (QED) is 0.277. The number of fused-ring (bicyclic) bond motifs is 3. The molecule has 3 fully saturated rings.